The van der Waals surface area contributed by atoms with Gasteiger partial charge in [0.1, 0.15) is 11.5 Å². The number of methoxy groups -OCH3 is 1. The quantitative estimate of drug-likeness (QED) is 0.370. The summed E-state index contributed by atoms with van der Waals surface area (Å²) in [6, 6.07) is 25.1. The lowest BCUT2D eigenvalue weighted by Crippen LogP contribution is -2.31. The van der Waals surface area contributed by atoms with Gasteiger partial charge in [0.25, 0.3) is 11.7 Å². The van der Waals surface area contributed by atoms with E-state index in [9.17, 15) is 14.7 Å². The molecule has 1 fully saturated rings. The Bertz CT molecular complexity index is 1120. The van der Waals surface area contributed by atoms with Gasteiger partial charge in [-0.15, -0.1) is 0 Å². The molecular weight excluding hydrogens is 390 g/mol. The molecule has 0 aliphatic carbocycles. The number of hydrogen-bond acceptors (Lipinski definition) is 4. The minimum atomic E-state index is -0.736. The van der Waals surface area contributed by atoms with Crippen LogP contribution in [0.1, 0.15) is 22.7 Å². The fraction of sp³-hybridized carbons (Fsp3) is 0.154. The van der Waals surface area contributed by atoms with Gasteiger partial charge in [-0.1, -0.05) is 78.9 Å². The molecule has 1 atom stereocenters. The van der Waals surface area contributed by atoms with E-state index in [1.54, 1.807) is 37.4 Å². The van der Waals surface area contributed by atoms with E-state index in [0.29, 0.717) is 29.8 Å². The molecule has 0 radical (unpaired) electrons. The molecule has 0 saturated carbocycles. The molecule has 1 saturated heterocycles. The summed E-state index contributed by atoms with van der Waals surface area (Å²) >= 11 is 0. The Morgan fingerprint density at radius 2 is 1.52 bits per heavy atom. The first-order chi connectivity index (χ1) is 15.1. The van der Waals surface area contributed by atoms with E-state index < -0.39 is 17.7 Å². The van der Waals surface area contributed by atoms with Crippen LogP contribution in [0, 0.1) is 0 Å². The van der Waals surface area contributed by atoms with Crippen molar-refractivity contribution in [2.45, 2.75) is 12.5 Å². The first kappa shape index (κ1) is 20.4. The van der Waals surface area contributed by atoms with Crippen molar-refractivity contribution in [3.8, 4) is 5.75 Å². The van der Waals surface area contributed by atoms with Crippen molar-refractivity contribution in [1.82, 2.24) is 4.90 Å². The standard InChI is InChI=1S/C26H23NO4/c1-31-21-15-9-8-14-20(21)23-22(24(28)19-12-6-3-7-13-19)25(29)26(30)27(23)17-16-18-10-4-2-5-11-18/h2-15,23,28H,16-17H2,1H3/b24-22-. The molecule has 3 aromatic rings. The molecule has 4 rings (SSSR count). The van der Waals surface area contributed by atoms with Crippen LogP contribution in [-0.4, -0.2) is 35.4 Å². The maximum atomic E-state index is 13.1. The van der Waals surface area contributed by atoms with Crippen molar-refractivity contribution in [2.24, 2.45) is 0 Å². The monoisotopic (exact) mass is 413 g/mol. The Hall–Kier alpha value is -3.86. The van der Waals surface area contributed by atoms with Crippen LogP contribution in [0.25, 0.3) is 5.76 Å². The predicted octanol–water partition coefficient (Wildman–Crippen LogP) is 4.36. The Labute approximate surface area is 181 Å². The molecule has 31 heavy (non-hydrogen) atoms. The predicted molar refractivity (Wildman–Crippen MR) is 119 cm³/mol. The van der Waals surface area contributed by atoms with Crippen molar-refractivity contribution in [3.05, 3.63) is 107 Å². The lowest BCUT2D eigenvalue weighted by Gasteiger charge is -2.26. The number of rotatable bonds is 6. The van der Waals surface area contributed by atoms with Crippen molar-refractivity contribution in [2.75, 3.05) is 13.7 Å². The molecule has 3 aromatic carbocycles. The summed E-state index contributed by atoms with van der Waals surface area (Å²) in [5.41, 5.74) is 2.29. The minimum absolute atomic E-state index is 0.0776. The zero-order chi connectivity index (χ0) is 21.8. The summed E-state index contributed by atoms with van der Waals surface area (Å²) in [7, 11) is 1.55. The number of ether oxygens (including phenoxy) is 1. The number of likely N-dealkylation sites (tertiary alicyclic amines) is 1. The van der Waals surface area contributed by atoms with Crippen molar-refractivity contribution in [3.63, 3.8) is 0 Å². The largest absolute Gasteiger partial charge is 0.507 e. The van der Waals surface area contributed by atoms with Gasteiger partial charge in [-0.3, -0.25) is 9.59 Å². The molecule has 1 heterocycles. The highest BCUT2D eigenvalue weighted by molar-refractivity contribution is 6.46. The van der Waals surface area contributed by atoms with Crippen LogP contribution in [0.4, 0.5) is 0 Å². The average Bonchev–Trinajstić information content (AvgIpc) is 3.08. The van der Waals surface area contributed by atoms with Gasteiger partial charge in [-0.2, -0.15) is 0 Å². The molecule has 1 unspecified atom stereocenters. The number of amides is 1. The third-order valence-corrected chi connectivity index (χ3v) is 5.50. The molecule has 1 aliphatic heterocycles. The van der Waals surface area contributed by atoms with Crippen LogP contribution < -0.4 is 4.74 Å². The Morgan fingerprint density at radius 3 is 2.19 bits per heavy atom. The van der Waals surface area contributed by atoms with Gasteiger partial charge in [-0.05, 0) is 18.1 Å². The van der Waals surface area contributed by atoms with E-state index in [4.69, 9.17) is 4.74 Å². The maximum Gasteiger partial charge on any atom is 0.295 e. The van der Waals surface area contributed by atoms with Gasteiger partial charge in [0, 0.05) is 17.7 Å². The zero-order valence-corrected chi connectivity index (χ0v) is 17.2. The zero-order valence-electron chi connectivity index (χ0n) is 17.2. The topological polar surface area (TPSA) is 66.8 Å². The van der Waals surface area contributed by atoms with Crippen molar-refractivity contribution >= 4 is 17.4 Å². The molecule has 5 nitrogen and oxygen atoms in total. The number of ketones is 1. The molecule has 1 amide bonds. The van der Waals surface area contributed by atoms with E-state index in [1.807, 2.05) is 54.6 Å². The molecule has 0 spiro atoms. The molecular formula is C26H23NO4. The minimum Gasteiger partial charge on any atom is -0.507 e. The summed E-state index contributed by atoms with van der Waals surface area (Å²) in [6.07, 6.45) is 0.588. The smallest absolute Gasteiger partial charge is 0.295 e. The average molecular weight is 413 g/mol. The van der Waals surface area contributed by atoms with Crippen LogP contribution in [0.15, 0.2) is 90.5 Å². The number of benzene rings is 3. The van der Waals surface area contributed by atoms with Gasteiger partial charge in [0.2, 0.25) is 0 Å². The highest BCUT2D eigenvalue weighted by atomic mass is 16.5. The summed E-state index contributed by atoms with van der Waals surface area (Å²) in [4.78, 5) is 27.7. The molecule has 156 valence electrons. The Balaban J connectivity index is 1.82. The van der Waals surface area contributed by atoms with Gasteiger partial charge in [0.05, 0.1) is 18.7 Å². The number of aliphatic hydroxyl groups is 1. The lowest BCUT2D eigenvalue weighted by molar-refractivity contribution is -0.139. The SMILES string of the molecule is COc1ccccc1C1/C(=C(/O)c2ccccc2)C(=O)C(=O)N1CCc1ccccc1. The first-order valence-corrected chi connectivity index (χ1v) is 10.1. The van der Waals surface area contributed by atoms with Crippen LogP contribution in [0.3, 0.4) is 0 Å². The third-order valence-electron chi connectivity index (χ3n) is 5.50. The highest BCUT2D eigenvalue weighted by Gasteiger charge is 2.46. The third kappa shape index (κ3) is 3.94. The van der Waals surface area contributed by atoms with E-state index in [1.165, 1.54) is 4.90 Å². The second-order valence-electron chi connectivity index (χ2n) is 7.34. The number of hydrogen-bond donors (Lipinski definition) is 1. The van der Waals surface area contributed by atoms with E-state index in [-0.39, 0.29) is 11.3 Å². The molecule has 1 N–H and O–H groups in total. The number of carbonyl (C=O) groups is 2. The summed E-state index contributed by atoms with van der Waals surface area (Å²) in [5.74, 6) is -0.940. The maximum absolute atomic E-state index is 13.1. The van der Waals surface area contributed by atoms with Crippen molar-refractivity contribution < 1.29 is 19.4 Å². The molecule has 5 heteroatoms. The second kappa shape index (κ2) is 8.88. The van der Waals surface area contributed by atoms with Gasteiger partial charge < -0.3 is 14.7 Å². The van der Waals surface area contributed by atoms with Gasteiger partial charge in [0.15, 0.2) is 0 Å². The van der Waals surface area contributed by atoms with Crippen LogP contribution >= 0.6 is 0 Å². The van der Waals surface area contributed by atoms with Crippen molar-refractivity contribution in [1.29, 1.82) is 0 Å². The summed E-state index contributed by atoms with van der Waals surface area (Å²) in [5, 5.41) is 11.0. The first-order valence-electron chi connectivity index (χ1n) is 10.1. The van der Waals surface area contributed by atoms with Gasteiger partial charge in [-0.25, -0.2) is 0 Å². The Morgan fingerprint density at radius 1 is 0.903 bits per heavy atom. The van der Waals surface area contributed by atoms with E-state index >= 15 is 0 Å². The number of para-hydroxylation sites is 1. The fourth-order valence-electron chi connectivity index (χ4n) is 3.97. The molecule has 0 bridgehead atoms. The van der Waals surface area contributed by atoms with E-state index in [0.717, 1.165) is 5.56 Å². The summed E-state index contributed by atoms with van der Waals surface area (Å²) < 4.78 is 5.52. The fourth-order valence-corrected chi connectivity index (χ4v) is 3.97. The highest BCUT2D eigenvalue weighted by Crippen LogP contribution is 2.42. The van der Waals surface area contributed by atoms with Crippen LogP contribution in [0.5, 0.6) is 5.75 Å². The summed E-state index contributed by atoms with van der Waals surface area (Å²) in [6.45, 7) is 0.336. The van der Waals surface area contributed by atoms with E-state index in [2.05, 4.69) is 0 Å². The van der Waals surface area contributed by atoms with Crippen LogP contribution in [0.2, 0.25) is 0 Å². The second-order valence-corrected chi connectivity index (χ2v) is 7.34. The number of carbonyl (C=O) groups excluding carboxylic acids is 2. The molecule has 1 aliphatic rings. The number of Topliss-reactive ketones (excluding diaryl/α,β-unsaturated/α-hetero) is 1. The number of aliphatic hydroxyl groups excluding tert-OH is 1. The van der Waals surface area contributed by atoms with Gasteiger partial charge >= 0.3 is 0 Å². The molecule has 0 aromatic heterocycles. The lowest BCUT2D eigenvalue weighted by atomic mass is 9.94. The Kier molecular flexibility index (Phi) is 5.85. The normalized spacial score (nSPS) is 17.7. The number of nitrogens with zero attached hydrogens (tertiary/aromatic N) is 1. The van der Waals surface area contributed by atoms with Crippen LogP contribution in [-0.2, 0) is 16.0 Å².